The third-order valence-electron chi connectivity index (χ3n) is 3.35. The van der Waals surface area contributed by atoms with E-state index in [1.165, 1.54) is 0 Å². The molecule has 112 valence electrons. The van der Waals surface area contributed by atoms with E-state index >= 15 is 0 Å². The second-order valence-corrected chi connectivity index (χ2v) is 4.91. The molecule has 3 rings (SSSR count). The van der Waals surface area contributed by atoms with Crippen LogP contribution < -0.4 is 14.8 Å². The molecule has 6 nitrogen and oxygen atoms in total. The Kier molecular flexibility index (Phi) is 4.08. The molecule has 0 fully saturated rings. The second-order valence-electron chi connectivity index (χ2n) is 4.91. The molecule has 0 unspecified atom stereocenters. The zero-order valence-electron chi connectivity index (χ0n) is 12.3. The quantitative estimate of drug-likeness (QED) is 0.818. The largest absolute Gasteiger partial charge is 0.454 e. The number of ether oxygens (including phenoxy) is 3. The summed E-state index contributed by atoms with van der Waals surface area (Å²) < 4.78 is 17.6. The van der Waals surface area contributed by atoms with Crippen molar-refractivity contribution in [1.29, 1.82) is 0 Å². The lowest BCUT2D eigenvalue weighted by Crippen LogP contribution is -2.18. The summed E-state index contributed by atoms with van der Waals surface area (Å²) in [5.41, 5.74) is 3.14. The average Bonchev–Trinajstić information content (AvgIpc) is 3.09. The fourth-order valence-electron chi connectivity index (χ4n) is 2.35. The molecule has 1 aromatic heterocycles. The third-order valence-corrected chi connectivity index (χ3v) is 3.35. The summed E-state index contributed by atoms with van der Waals surface area (Å²) in [4.78, 5) is 0. The number of hydrogen-bond acceptors (Lipinski definition) is 5. The van der Waals surface area contributed by atoms with Gasteiger partial charge in [0, 0.05) is 44.6 Å². The van der Waals surface area contributed by atoms with Crippen LogP contribution in [0.15, 0.2) is 24.4 Å². The Hall–Kier alpha value is -2.05. The van der Waals surface area contributed by atoms with Gasteiger partial charge in [0.2, 0.25) is 6.79 Å². The maximum absolute atomic E-state index is 5.43. The number of rotatable bonds is 6. The molecule has 0 amide bonds. The molecule has 0 radical (unpaired) electrons. The maximum atomic E-state index is 5.43. The summed E-state index contributed by atoms with van der Waals surface area (Å²) in [5.74, 6) is 1.56. The van der Waals surface area contributed by atoms with E-state index in [9.17, 15) is 0 Å². The number of aromatic nitrogens is 2. The van der Waals surface area contributed by atoms with E-state index in [1.807, 2.05) is 36.1 Å². The highest BCUT2D eigenvalue weighted by molar-refractivity contribution is 5.67. The van der Waals surface area contributed by atoms with Gasteiger partial charge in [0.1, 0.15) is 0 Å². The van der Waals surface area contributed by atoms with Crippen LogP contribution >= 0.6 is 0 Å². The molecular formula is C15H19N3O3. The number of aryl methyl sites for hydroxylation is 1. The summed E-state index contributed by atoms with van der Waals surface area (Å²) in [6.45, 7) is 2.54. The van der Waals surface area contributed by atoms with Crippen LogP contribution in [0.3, 0.4) is 0 Å². The van der Waals surface area contributed by atoms with Crippen LogP contribution in [-0.4, -0.2) is 36.8 Å². The number of nitrogens with zero attached hydrogens (tertiary/aromatic N) is 2. The zero-order chi connectivity index (χ0) is 14.7. The first-order chi connectivity index (χ1) is 10.3. The monoisotopic (exact) mass is 289 g/mol. The summed E-state index contributed by atoms with van der Waals surface area (Å²) in [7, 11) is 3.62. The summed E-state index contributed by atoms with van der Waals surface area (Å²) in [6, 6.07) is 5.91. The first kappa shape index (κ1) is 13.9. The van der Waals surface area contributed by atoms with Crippen LogP contribution in [0, 0.1) is 0 Å². The molecule has 0 spiro atoms. The molecule has 0 saturated heterocycles. The minimum atomic E-state index is 0.284. The van der Waals surface area contributed by atoms with Crippen LogP contribution in [0.4, 0.5) is 0 Å². The van der Waals surface area contributed by atoms with Gasteiger partial charge in [-0.05, 0) is 18.2 Å². The summed E-state index contributed by atoms with van der Waals surface area (Å²) >= 11 is 0. The van der Waals surface area contributed by atoms with Crippen molar-refractivity contribution < 1.29 is 14.2 Å². The summed E-state index contributed by atoms with van der Waals surface area (Å²) in [5, 5.41) is 7.90. The van der Waals surface area contributed by atoms with E-state index in [1.54, 1.807) is 7.11 Å². The third kappa shape index (κ3) is 3.01. The Bertz CT molecular complexity index is 625. The maximum Gasteiger partial charge on any atom is 0.231 e. The van der Waals surface area contributed by atoms with E-state index in [4.69, 9.17) is 14.2 Å². The highest BCUT2D eigenvalue weighted by atomic mass is 16.7. The van der Waals surface area contributed by atoms with Crippen LogP contribution in [0.5, 0.6) is 11.5 Å². The molecule has 0 atom stereocenters. The number of nitrogens with one attached hydrogen (secondary N) is 1. The van der Waals surface area contributed by atoms with Gasteiger partial charge in [-0.3, -0.25) is 4.68 Å². The molecule has 0 saturated carbocycles. The van der Waals surface area contributed by atoms with Crippen LogP contribution in [0.2, 0.25) is 0 Å². The van der Waals surface area contributed by atoms with Gasteiger partial charge in [-0.15, -0.1) is 0 Å². The molecule has 1 aliphatic rings. The Morgan fingerprint density at radius 3 is 3.05 bits per heavy atom. The van der Waals surface area contributed by atoms with Crippen molar-refractivity contribution in [2.75, 3.05) is 27.1 Å². The van der Waals surface area contributed by atoms with Crippen molar-refractivity contribution in [2.24, 2.45) is 7.05 Å². The summed E-state index contributed by atoms with van der Waals surface area (Å²) in [6.07, 6.45) is 2.03. The highest BCUT2D eigenvalue weighted by Crippen LogP contribution is 2.36. The van der Waals surface area contributed by atoms with Gasteiger partial charge in [-0.2, -0.15) is 5.10 Å². The van der Waals surface area contributed by atoms with E-state index in [-0.39, 0.29) is 6.79 Å². The van der Waals surface area contributed by atoms with Gasteiger partial charge in [0.25, 0.3) is 0 Å². The predicted molar refractivity (Wildman–Crippen MR) is 78.3 cm³/mol. The van der Waals surface area contributed by atoms with E-state index in [2.05, 4.69) is 10.4 Å². The molecule has 0 aliphatic carbocycles. The van der Waals surface area contributed by atoms with Crippen molar-refractivity contribution >= 4 is 0 Å². The van der Waals surface area contributed by atoms with Gasteiger partial charge < -0.3 is 19.5 Å². The second kappa shape index (κ2) is 6.15. The highest BCUT2D eigenvalue weighted by Gasteiger charge is 2.16. The first-order valence-electron chi connectivity index (χ1n) is 6.90. The van der Waals surface area contributed by atoms with E-state index in [0.29, 0.717) is 6.61 Å². The molecule has 1 aromatic carbocycles. The molecular weight excluding hydrogens is 270 g/mol. The Morgan fingerprint density at radius 2 is 2.19 bits per heavy atom. The first-order valence-corrected chi connectivity index (χ1v) is 6.90. The lowest BCUT2D eigenvalue weighted by Gasteiger charge is -2.05. The van der Waals surface area contributed by atoms with Crippen LogP contribution in [-0.2, 0) is 18.3 Å². The van der Waals surface area contributed by atoms with Gasteiger partial charge in [0.05, 0.1) is 12.3 Å². The molecule has 1 aliphatic heterocycles. The number of benzene rings is 1. The molecule has 21 heavy (non-hydrogen) atoms. The zero-order valence-corrected chi connectivity index (χ0v) is 12.3. The molecule has 2 aromatic rings. The molecule has 2 heterocycles. The van der Waals surface area contributed by atoms with Crippen molar-refractivity contribution in [3.8, 4) is 22.8 Å². The van der Waals surface area contributed by atoms with E-state index < -0.39 is 0 Å². The van der Waals surface area contributed by atoms with Gasteiger partial charge in [-0.25, -0.2) is 0 Å². The lowest BCUT2D eigenvalue weighted by molar-refractivity contribution is 0.174. The predicted octanol–water partition coefficient (Wildman–Crippen LogP) is 1.55. The topological polar surface area (TPSA) is 57.5 Å². The number of hydrogen-bond donors (Lipinski definition) is 1. The Morgan fingerprint density at radius 1 is 1.33 bits per heavy atom. The van der Waals surface area contributed by atoms with Gasteiger partial charge >= 0.3 is 0 Å². The molecule has 1 N–H and O–H groups in total. The number of fused-ring (bicyclic) bond motifs is 1. The van der Waals surface area contributed by atoms with E-state index in [0.717, 1.165) is 41.4 Å². The smallest absolute Gasteiger partial charge is 0.231 e. The SMILES string of the molecule is COCCNCc1cn(C)nc1-c1ccc2c(c1)OCO2. The minimum absolute atomic E-state index is 0.284. The fourth-order valence-corrected chi connectivity index (χ4v) is 2.35. The Labute approximate surface area is 123 Å². The number of methoxy groups -OCH3 is 1. The minimum Gasteiger partial charge on any atom is -0.454 e. The van der Waals surface area contributed by atoms with Gasteiger partial charge in [0.15, 0.2) is 11.5 Å². The van der Waals surface area contributed by atoms with Gasteiger partial charge in [-0.1, -0.05) is 0 Å². The Balaban J connectivity index is 1.81. The molecule has 0 bridgehead atoms. The molecule has 6 heteroatoms. The standard InChI is InChI=1S/C15H19N3O3/c1-18-9-12(8-16-5-6-19-2)15(17-18)11-3-4-13-14(7-11)21-10-20-13/h3-4,7,9,16H,5-6,8,10H2,1-2H3. The van der Waals surface area contributed by atoms with Crippen molar-refractivity contribution in [3.05, 3.63) is 30.0 Å². The van der Waals surface area contributed by atoms with Crippen molar-refractivity contribution in [2.45, 2.75) is 6.54 Å². The normalized spacial score (nSPS) is 12.9. The lowest BCUT2D eigenvalue weighted by atomic mass is 10.1. The fraction of sp³-hybridized carbons (Fsp3) is 0.400. The average molecular weight is 289 g/mol. The van der Waals surface area contributed by atoms with Crippen LogP contribution in [0.1, 0.15) is 5.56 Å². The van der Waals surface area contributed by atoms with Crippen LogP contribution in [0.25, 0.3) is 11.3 Å². The van der Waals surface area contributed by atoms with Crippen molar-refractivity contribution in [3.63, 3.8) is 0 Å². The van der Waals surface area contributed by atoms with Crippen molar-refractivity contribution in [1.82, 2.24) is 15.1 Å².